The first-order valence-electron chi connectivity index (χ1n) is 4.06. The van der Waals surface area contributed by atoms with Gasteiger partial charge in [-0.3, -0.25) is 4.79 Å². The Bertz CT molecular complexity index is 273. The Labute approximate surface area is 77.1 Å². The van der Waals surface area contributed by atoms with Crippen LogP contribution in [0.5, 0.6) is 0 Å². The second-order valence-electron chi connectivity index (χ2n) is 2.76. The van der Waals surface area contributed by atoms with E-state index in [-0.39, 0.29) is 11.9 Å². The normalized spacial score (nSPS) is 12.1. The van der Waals surface area contributed by atoms with E-state index in [0.717, 1.165) is 5.69 Å². The van der Waals surface area contributed by atoms with Crippen LogP contribution in [-0.2, 0) is 4.79 Å². The molecule has 0 aliphatic heterocycles. The van der Waals surface area contributed by atoms with Gasteiger partial charge >= 0.3 is 0 Å². The minimum absolute atomic E-state index is 0.386. The van der Waals surface area contributed by atoms with Gasteiger partial charge in [0.1, 0.15) is 6.04 Å². The number of hydrogen-bond donors (Lipinski definition) is 3. The summed E-state index contributed by atoms with van der Waals surface area (Å²) in [6, 6.07) is 9.11. The maximum atomic E-state index is 10.6. The summed E-state index contributed by atoms with van der Waals surface area (Å²) in [5, 5.41) is 0. The van der Waals surface area contributed by atoms with Crippen LogP contribution in [-0.4, -0.2) is 11.9 Å². The molecule has 1 unspecified atom stereocenters. The molecule has 0 bridgehead atoms. The van der Waals surface area contributed by atoms with Gasteiger partial charge in [0.25, 0.3) is 0 Å². The molecule has 0 radical (unpaired) electrons. The van der Waals surface area contributed by atoms with Gasteiger partial charge in [-0.1, -0.05) is 18.2 Å². The largest absolute Gasteiger partial charge is 0.368 e. The van der Waals surface area contributed by atoms with Gasteiger partial charge in [-0.15, -0.1) is 0 Å². The van der Waals surface area contributed by atoms with E-state index in [4.69, 9.17) is 5.73 Å². The number of para-hydroxylation sites is 1. The first-order chi connectivity index (χ1) is 6.20. The highest BCUT2D eigenvalue weighted by Crippen LogP contribution is 2.02. The van der Waals surface area contributed by atoms with Crippen molar-refractivity contribution in [3.05, 3.63) is 30.3 Å². The van der Waals surface area contributed by atoms with Crippen LogP contribution in [0.15, 0.2) is 30.3 Å². The van der Waals surface area contributed by atoms with Gasteiger partial charge in [-0.2, -0.15) is 0 Å². The highest BCUT2D eigenvalue weighted by molar-refractivity contribution is 5.79. The fraction of sp³-hybridized carbons (Fsp3) is 0.222. The SMILES string of the molecule is CC(NNc1ccccc1)C(N)=O. The molecule has 0 fully saturated rings. The van der Waals surface area contributed by atoms with E-state index in [2.05, 4.69) is 10.9 Å². The molecule has 1 aromatic rings. The highest BCUT2D eigenvalue weighted by atomic mass is 16.1. The summed E-state index contributed by atoms with van der Waals surface area (Å²) in [5.41, 5.74) is 11.6. The molecule has 1 aromatic carbocycles. The van der Waals surface area contributed by atoms with Crippen molar-refractivity contribution in [2.45, 2.75) is 13.0 Å². The molecule has 0 spiro atoms. The number of hydrazine groups is 1. The molecule has 1 rings (SSSR count). The lowest BCUT2D eigenvalue weighted by molar-refractivity contribution is -0.119. The lowest BCUT2D eigenvalue weighted by atomic mass is 10.3. The third kappa shape index (κ3) is 3.13. The minimum atomic E-state index is -0.389. The first-order valence-corrected chi connectivity index (χ1v) is 4.06. The van der Waals surface area contributed by atoms with Crippen LogP contribution >= 0.6 is 0 Å². The van der Waals surface area contributed by atoms with E-state index < -0.39 is 0 Å². The topological polar surface area (TPSA) is 67.2 Å². The van der Waals surface area contributed by atoms with Crippen LogP contribution < -0.4 is 16.6 Å². The molecule has 0 heterocycles. The Kier molecular flexibility index (Phi) is 3.28. The number of carbonyl (C=O) groups excluding carboxylic acids is 1. The molecule has 4 nitrogen and oxygen atoms in total. The number of benzene rings is 1. The molecule has 1 atom stereocenters. The maximum absolute atomic E-state index is 10.6. The third-order valence-electron chi connectivity index (χ3n) is 1.63. The summed E-state index contributed by atoms with van der Waals surface area (Å²) >= 11 is 0. The number of nitrogens with one attached hydrogen (secondary N) is 2. The van der Waals surface area contributed by atoms with Crippen LogP contribution in [0.3, 0.4) is 0 Å². The fourth-order valence-electron chi connectivity index (χ4n) is 0.784. The van der Waals surface area contributed by atoms with E-state index in [1.54, 1.807) is 6.92 Å². The Hall–Kier alpha value is -1.55. The molecule has 13 heavy (non-hydrogen) atoms. The molecular formula is C9H13N3O. The fourth-order valence-corrected chi connectivity index (χ4v) is 0.784. The second-order valence-corrected chi connectivity index (χ2v) is 2.76. The number of primary amides is 1. The number of hydrogen-bond acceptors (Lipinski definition) is 3. The zero-order valence-corrected chi connectivity index (χ0v) is 7.45. The number of carbonyl (C=O) groups is 1. The molecule has 1 amide bonds. The number of anilines is 1. The molecule has 70 valence electrons. The van der Waals surface area contributed by atoms with Crippen LogP contribution in [0.25, 0.3) is 0 Å². The smallest absolute Gasteiger partial charge is 0.236 e. The van der Waals surface area contributed by atoms with Crippen LogP contribution in [0.1, 0.15) is 6.92 Å². The first kappa shape index (κ1) is 9.54. The predicted octanol–water partition coefficient (Wildman–Crippen LogP) is 0.477. The standard InChI is InChI=1S/C9H13N3O/c1-7(9(10)13)11-12-8-5-3-2-4-6-8/h2-7,11-12H,1H3,(H2,10,13). The molecular weight excluding hydrogens is 166 g/mol. The Balaban J connectivity index is 2.39. The van der Waals surface area contributed by atoms with Gasteiger partial charge in [0.2, 0.25) is 5.91 Å². The van der Waals surface area contributed by atoms with E-state index in [0.29, 0.717) is 0 Å². The second kappa shape index (κ2) is 4.47. The van der Waals surface area contributed by atoms with Gasteiger partial charge < -0.3 is 11.2 Å². The number of nitrogens with two attached hydrogens (primary N) is 1. The quantitative estimate of drug-likeness (QED) is 0.589. The molecule has 0 saturated carbocycles. The molecule has 0 aromatic heterocycles. The lowest BCUT2D eigenvalue weighted by Gasteiger charge is -2.11. The predicted molar refractivity (Wildman–Crippen MR) is 51.9 cm³/mol. The monoisotopic (exact) mass is 179 g/mol. The van der Waals surface area contributed by atoms with E-state index in [1.807, 2.05) is 30.3 Å². The molecule has 4 N–H and O–H groups in total. The van der Waals surface area contributed by atoms with Gasteiger partial charge in [-0.25, -0.2) is 5.43 Å². The Morgan fingerprint density at radius 3 is 2.54 bits per heavy atom. The van der Waals surface area contributed by atoms with Gasteiger partial charge in [0.15, 0.2) is 0 Å². The minimum Gasteiger partial charge on any atom is -0.368 e. The summed E-state index contributed by atoms with van der Waals surface area (Å²) in [4.78, 5) is 10.6. The van der Waals surface area contributed by atoms with Crippen LogP contribution in [0.4, 0.5) is 5.69 Å². The molecule has 0 aliphatic rings. The van der Waals surface area contributed by atoms with Crippen molar-refractivity contribution in [3.63, 3.8) is 0 Å². The van der Waals surface area contributed by atoms with Crippen molar-refractivity contribution in [2.24, 2.45) is 5.73 Å². The van der Waals surface area contributed by atoms with Gasteiger partial charge in [-0.05, 0) is 19.1 Å². The molecule has 0 aliphatic carbocycles. The van der Waals surface area contributed by atoms with Crippen LogP contribution in [0, 0.1) is 0 Å². The van der Waals surface area contributed by atoms with E-state index >= 15 is 0 Å². The van der Waals surface area contributed by atoms with Crippen LogP contribution in [0.2, 0.25) is 0 Å². The van der Waals surface area contributed by atoms with Crippen molar-refractivity contribution in [2.75, 3.05) is 5.43 Å². The summed E-state index contributed by atoms with van der Waals surface area (Å²) < 4.78 is 0. The molecule has 0 saturated heterocycles. The zero-order chi connectivity index (χ0) is 9.68. The third-order valence-corrected chi connectivity index (χ3v) is 1.63. The molecule has 4 heteroatoms. The maximum Gasteiger partial charge on any atom is 0.236 e. The van der Waals surface area contributed by atoms with Crippen molar-refractivity contribution in [3.8, 4) is 0 Å². The highest BCUT2D eigenvalue weighted by Gasteiger charge is 2.05. The summed E-state index contributed by atoms with van der Waals surface area (Å²) in [7, 11) is 0. The van der Waals surface area contributed by atoms with Crippen molar-refractivity contribution < 1.29 is 4.79 Å². The number of rotatable bonds is 4. The summed E-state index contributed by atoms with van der Waals surface area (Å²) in [6.45, 7) is 1.69. The average molecular weight is 179 g/mol. The average Bonchev–Trinajstić information content (AvgIpc) is 2.15. The van der Waals surface area contributed by atoms with E-state index in [1.165, 1.54) is 0 Å². The Morgan fingerprint density at radius 2 is 2.00 bits per heavy atom. The van der Waals surface area contributed by atoms with E-state index in [9.17, 15) is 4.79 Å². The lowest BCUT2D eigenvalue weighted by Crippen LogP contribution is -2.41. The zero-order valence-electron chi connectivity index (χ0n) is 7.45. The van der Waals surface area contributed by atoms with Crippen molar-refractivity contribution in [1.82, 2.24) is 5.43 Å². The Morgan fingerprint density at radius 1 is 1.38 bits per heavy atom. The van der Waals surface area contributed by atoms with Gasteiger partial charge in [0, 0.05) is 5.69 Å². The van der Waals surface area contributed by atoms with Gasteiger partial charge in [0.05, 0.1) is 0 Å². The summed E-state index contributed by atoms with van der Waals surface area (Å²) in [6.07, 6.45) is 0. The summed E-state index contributed by atoms with van der Waals surface area (Å²) in [5.74, 6) is -0.386. The van der Waals surface area contributed by atoms with Crippen molar-refractivity contribution >= 4 is 11.6 Å². The van der Waals surface area contributed by atoms with Crippen molar-refractivity contribution in [1.29, 1.82) is 0 Å². The number of amides is 1.